The van der Waals surface area contributed by atoms with Crippen LogP contribution in [-0.2, 0) is 18.3 Å². The molecule has 6 heteroatoms. The number of aryl methyl sites for hydroxylation is 1. The van der Waals surface area contributed by atoms with E-state index in [2.05, 4.69) is 61.2 Å². The number of likely N-dealkylation sites (N-methyl/N-ethyl adjacent to an activating group) is 1. The highest BCUT2D eigenvalue weighted by Crippen LogP contribution is 2.32. The van der Waals surface area contributed by atoms with Gasteiger partial charge >= 0.3 is 0 Å². The van der Waals surface area contributed by atoms with Crippen LogP contribution < -0.4 is 9.64 Å². The number of fused-ring (bicyclic) bond motifs is 1. The van der Waals surface area contributed by atoms with Gasteiger partial charge in [0.1, 0.15) is 5.82 Å². The average Bonchev–Trinajstić information content (AvgIpc) is 3.33. The van der Waals surface area contributed by atoms with Crippen molar-refractivity contribution in [2.45, 2.75) is 44.6 Å². The summed E-state index contributed by atoms with van der Waals surface area (Å²) in [5, 5.41) is 11.2. The van der Waals surface area contributed by atoms with Crippen LogP contribution in [0.4, 0.5) is 5.82 Å². The molecule has 0 radical (unpaired) electrons. The second kappa shape index (κ2) is 9.36. The van der Waals surface area contributed by atoms with Gasteiger partial charge in [0.2, 0.25) is 5.88 Å². The third-order valence-corrected chi connectivity index (χ3v) is 6.86. The lowest BCUT2D eigenvalue weighted by Crippen LogP contribution is -2.31. The number of aromatic nitrogens is 2. The Balaban J connectivity index is 1.62. The normalized spacial score (nSPS) is 17.8. The van der Waals surface area contributed by atoms with E-state index in [-0.39, 0.29) is 0 Å². The fourth-order valence-corrected chi connectivity index (χ4v) is 4.65. The lowest BCUT2D eigenvalue weighted by Gasteiger charge is -2.24. The van der Waals surface area contributed by atoms with Gasteiger partial charge in [0.25, 0.3) is 0 Å². The number of hydrogen-bond donors (Lipinski definition) is 0. The molecule has 0 spiro atoms. The van der Waals surface area contributed by atoms with E-state index in [1.54, 1.807) is 7.11 Å². The Hall–Kier alpha value is -3.17. The summed E-state index contributed by atoms with van der Waals surface area (Å²) in [6.07, 6.45) is 2.54. The summed E-state index contributed by atoms with van der Waals surface area (Å²) < 4.78 is 5.48. The molecule has 0 aliphatic carbocycles. The molecular weight excluding hydrogens is 410 g/mol. The summed E-state index contributed by atoms with van der Waals surface area (Å²) in [4.78, 5) is 14.3. The van der Waals surface area contributed by atoms with Crippen molar-refractivity contribution in [3.8, 4) is 11.9 Å². The number of benzene rings is 1. The van der Waals surface area contributed by atoms with Crippen LogP contribution >= 0.6 is 0 Å². The second-order valence-corrected chi connectivity index (χ2v) is 9.38. The number of rotatable bonds is 7. The molecule has 3 heterocycles. The Morgan fingerprint density at radius 3 is 2.70 bits per heavy atom. The number of hydrogen-bond acceptors (Lipinski definition) is 6. The average molecular weight is 444 g/mol. The molecule has 172 valence electrons. The van der Waals surface area contributed by atoms with Gasteiger partial charge in [-0.3, -0.25) is 0 Å². The predicted molar refractivity (Wildman–Crippen MR) is 133 cm³/mol. The van der Waals surface area contributed by atoms with Gasteiger partial charge in [0.05, 0.1) is 24.1 Å². The van der Waals surface area contributed by atoms with E-state index in [4.69, 9.17) is 14.7 Å². The molecule has 0 saturated carbocycles. The van der Waals surface area contributed by atoms with Crippen LogP contribution in [0.3, 0.4) is 0 Å². The maximum Gasteiger partial charge on any atom is 0.216 e. The summed E-state index contributed by atoms with van der Waals surface area (Å²) >= 11 is 0. The van der Waals surface area contributed by atoms with Crippen molar-refractivity contribution in [1.82, 2.24) is 14.9 Å². The first-order valence-electron chi connectivity index (χ1n) is 11.6. The summed E-state index contributed by atoms with van der Waals surface area (Å²) in [6, 6.07) is 17.5. The smallest absolute Gasteiger partial charge is 0.216 e. The minimum absolute atomic E-state index is 0.540. The summed E-state index contributed by atoms with van der Waals surface area (Å²) in [5.41, 5.74) is 3.08. The van der Waals surface area contributed by atoms with E-state index in [9.17, 15) is 5.26 Å². The quantitative estimate of drug-likeness (QED) is 0.540. The summed E-state index contributed by atoms with van der Waals surface area (Å²) in [7, 11) is 5.91. The van der Waals surface area contributed by atoms with E-state index in [1.807, 2.05) is 25.1 Å². The number of nitrogens with zero attached hydrogens (tertiary/aromatic N) is 5. The van der Waals surface area contributed by atoms with Crippen LogP contribution in [0.1, 0.15) is 37.1 Å². The van der Waals surface area contributed by atoms with Gasteiger partial charge in [0, 0.05) is 42.2 Å². The van der Waals surface area contributed by atoms with Crippen molar-refractivity contribution in [3.63, 3.8) is 0 Å². The Morgan fingerprint density at radius 2 is 2.03 bits per heavy atom. The van der Waals surface area contributed by atoms with E-state index >= 15 is 0 Å². The maximum absolute atomic E-state index is 10.2. The van der Waals surface area contributed by atoms with Crippen molar-refractivity contribution >= 4 is 16.7 Å². The molecule has 2 atom stereocenters. The Morgan fingerprint density at radius 1 is 1.21 bits per heavy atom. The molecule has 0 N–H and O–H groups in total. The Kier molecular flexibility index (Phi) is 6.53. The standard InChI is InChI=1S/C27H33N5O/c1-6-19-14-20-10-11-21(15-24(20)30-26(19)33-5)27(2,18-28)16-22-8-7-9-25(29-22)32-13-12-23(17-32)31(3)4/h7-11,14-15,23H,6,12-13,16-17H2,1-5H3. The molecular formula is C27H33N5O. The highest BCUT2D eigenvalue weighted by molar-refractivity contribution is 5.81. The number of methoxy groups -OCH3 is 1. The molecule has 1 fully saturated rings. The van der Waals surface area contributed by atoms with Crippen molar-refractivity contribution in [2.75, 3.05) is 39.2 Å². The molecule has 6 nitrogen and oxygen atoms in total. The Bertz CT molecular complexity index is 1180. The van der Waals surface area contributed by atoms with Gasteiger partial charge in [0.15, 0.2) is 0 Å². The molecule has 1 aliphatic rings. The lowest BCUT2D eigenvalue weighted by molar-refractivity contribution is 0.315. The van der Waals surface area contributed by atoms with E-state index in [0.717, 1.165) is 59.5 Å². The largest absolute Gasteiger partial charge is 0.481 e. The minimum Gasteiger partial charge on any atom is -0.481 e. The van der Waals surface area contributed by atoms with Gasteiger partial charge < -0.3 is 14.5 Å². The van der Waals surface area contributed by atoms with Gasteiger partial charge in [-0.25, -0.2) is 9.97 Å². The molecule has 0 amide bonds. The molecule has 3 aromatic rings. The number of nitriles is 1. The molecule has 1 aromatic carbocycles. The number of pyridine rings is 2. The lowest BCUT2D eigenvalue weighted by atomic mass is 9.79. The second-order valence-electron chi connectivity index (χ2n) is 9.38. The van der Waals surface area contributed by atoms with Crippen molar-refractivity contribution < 1.29 is 4.74 Å². The first kappa shape index (κ1) is 23.0. The Labute approximate surface area is 196 Å². The van der Waals surface area contributed by atoms with E-state index in [1.165, 1.54) is 0 Å². The maximum atomic E-state index is 10.2. The van der Waals surface area contributed by atoms with Crippen molar-refractivity contribution in [1.29, 1.82) is 5.26 Å². The van der Waals surface area contributed by atoms with Crippen LogP contribution in [0.5, 0.6) is 5.88 Å². The van der Waals surface area contributed by atoms with Crippen molar-refractivity contribution in [2.24, 2.45) is 0 Å². The zero-order chi connectivity index (χ0) is 23.6. The van der Waals surface area contributed by atoms with Crippen molar-refractivity contribution in [3.05, 3.63) is 59.3 Å². The summed E-state index contributed by atoms with van der Waals surface area (Å²) in [6.45, 7) is 6.07. The van der Waals surface area contributed by atoms with Crippen LogP contribution in [-0.4, -0.2) is 55.2 Å². The van der Waals surface area contributed by atoms with Gasteiger partial charge in [-0.1, -0.05) is 25.1 Å². The molecule has 1 saturated heterocycles. The fourth-order valence-electron chi connectivity index (χ4n) is 4.65. The SMILES string of the molecule is CCc1cc2ccc(C(C)(C#N)Cc3cccc(N4CCC(N(C)C)C4)n3)cc2nc1OC. The minimum atomic E-state index is -0.713. The zero-order valence-electron chi connectivity index (χ0n) is 20.3. The van der Waals surface area contributed by atoms with Crippen LogP contribution in [0, 0.1) is 11.3 Å². The first-order chi connectivity index (χ1) is 15.9. The van der Waals surface area contributed by atoms with Gasteiger partial charge in [-0.05, 0) is 63.7 Å². The first-order valence-corrected chi connectivity index (χ1v) is 11.6. The number of ether oxygens (including phenoxy) is 1. The molecule has 33 heavy (non-hydrogen) atoms. The highest BCUT2D eigenvalue weighted by Gasteiger charge is 2.29. The topological polar surface area (TPSA) is 65.3 Å². The predicted octanol–water partition coefficient (Wildman–Crippen LogP) is 4.37. The van der Waals surface area contributed by atoms with E-state index < -0.39 is 5.41 Å². The zero-order valence-corrected chi connectivity index (χ0v) is 20.3. The van der Waals surface area contributed by atoms with Crippen LogP contribution in [0.2, 0.25) is 0 Å². The van der Waals surface area contributed by atoms with Gasteiger partial charge in [-0.15, -0.1) is 0 Å². The molecule has 2 aromatic heterocycles. The van der Waals surface area contributed by atoms with Crippen LogP contribution in [0.15, 0.2) is 42.5 Å². The van der Waals surface area contributed by atoms with E-state index in [0.29, 0.717) is 18.3 Å². The summed E-state index contributed by atoms with van der Waals surface area (Å²) in [5.74, 6) is 1.64. The molecule has 0 bridgehead atoms. The monoisotopic (exact) mass is 443 g/mol. The molecule has 4 rings (SSSR count). The van der Waals surface area contributed by atoms with Gasteiger partial charge in [-0.2, -0.15) is 5.26 Å². The molecule has 2 unspecified atom stereocenters. The third-order valence-electron chi connectivity index (χ3n) is 6.86. The van der Waals surface area contributed by atoms with Crippen LogP contribution in [0.25, 0.3) is 10.9 Å². The fraction of sp³-hybridized carbons (Fsp3) is 0.444. The highest BCUT2D eigenvalue weighted by atomic mass is 16.5. The third kappa shape index (κ3) is 4.65. The number of anilines is 1. The molecule has 1 aliphatic heterocycles.